The van der Waals surface area contributed by atoms with Gasteiger partial charge in [-0.2, -0.15) is 0 Å². The number of hydrogen-bond acceptors (Lipinski definition) is 3. The van der Waals surface area contributed by atoms with E-state index >= 15 is 0 Å². The predicted molar refractivity (Wildman–Crippen MR) is 127 cm³/mol. The minimum atomic E-state index is -0.305. The fraction of sp³-hybridized carbons (Fsp3) is 0.115. The molecule has 0 atom stereocenters. The molecule has 3 aromatic carbocycles. The highest BCUT2D eigenvalue weighted by Crippen LogP contribution is 2.23. The molecule has 0 radical (unpaired) electrons. The number of benzene rings is 3. The zero-order chi connectivity index (χ0) is 22.5. The molecular formula is C26H21ClN2O3. The average molecular weight is 445 g/mol. The van der Waals surface area contributed by atoms with E-state index in [1.165, 1.54) is 6.08 Å². The standard InChI is InChI=1S/C26H21ClN2O3/c27-23-11-2-1-10-22(23)26(32)28-20-8-3-6-18(16-20)13-14-24(30)19-7-4-9-21(17-19)29-15-5-12-25(29)31/h1-4,6-11,13-14,16-17H,5,12,15H2,(H,28,32)/b14-13+. The number of carbonyl (C=O) groups is 3. The fourth-order valence-electron chi connectivity index (χ4n) is 3.58. The number of halogens is 1. The molecule has 3 aromatic rings. The van der Waals surface area contributed by atoms with Crippen LogP contribution in [-0.2, 0) is 4.79 Å². The number of ketones is 1. The fourth-order valence-corrected chi connectivity index (χ4v) is 3.80. The van der Waals surface area contributed by atoms with E-state index in [1.54, 1.807) is 71.6 Å². The van der Waals surface area contributed by atoms with E-state index in [9.17, 15) is 14.4 Å². The van der Waals surface area contributed by atoms with Crippen LogP contribution in [0.2, 0.25) is 5.02 Å². The molecule has 1 heterocycles. The van der Waals surface area contributed by atoms with Gasteiger partial charge in [-0.1, -0.05) is 54.1 Å². The highest BCUT2D eigenvalue weighted by atomic mass is 35.5. The van der Waals surface area contributed by atoms with Crippen LogP contribution in [0, 0.1) is 0 Å². The van der Waals surface area contributed by atoms with Crippen molar-refractivity contribution in [2.75, 3.05) is 16.8 Å². The van der Waals surface area contributed by atoms with Crippen molar-refractivity contribution in [2.24, 2.45) is 0 Å². The van der Waals surface area contributed by atoms with Crippen molar-refractivity contribution in [1.82, 2.24) is 0 Å². The van der Waals surface area contributed by atoms with Crippen LogP contribution in [0.1, 0.15) is 39.1 Å². The number of amides is 2. The van der Waals surface area contributed by atoms with Gasteiger partial charge in [0.05, 0.1) is 10.6 Å². The summed E-state index contributed by atoms with van der Waals surface area (Å²) in [6, 6.07) is 21.1. The van der Waals surface area contributed by atoms with Crippen molar-refractivity contribution >= 4 is 46.6 Å². The van der Waals surface area contributed by atoms with Crippen LogP contribution >= 0.6 is 11.6 Å². The highest BCUT2D eigenvalue weighted by Gasteiger charge is 2.22. The van der Waals surface area contributed by atoms with Crippen LogP contribution in [0.15, 0.2) is 78.9 Å². The Labute approximate surface area is 191 Å². The Bertz CT molecular complexity index is 1220. The zero-order valence-corrected chi connectivity index (χ0v) is 18.0. The molecular weight excluding hydrogens is 424 g/mol. The van der Waals surface area contributed by atoms with Gasteiger partial charge in [0.15, 0.2) is 5.78 Å². The van der Waals surface area contributed by atoms with Gasteiger partial charge in [-0.3, -0.25) is 14.4 Å². The zero-order valence-electron chi connectivity index (χ0n) is 17.3. The van der Waals surface area contributed by atoms with Crippen LogP contribution in [0.3, 0.4) is 0 Å². The Hall–Kier alpha value is -3.70. The minimum absolute atomic E-state index is 0.0841. The lowest BCUT2D eigenvalue weighted by Crippen LogP contribution is -2.23. The molecule has 0 aliphatic carbocycles. The number of nitrogens with zero attached hydrogens (tertiary/aromatic N) is 1. The average Bonchev–Trinajstić information content (AvgIpc) is 3.24. The third-order valence-corrected chi connectivity index (χ3v) is 5.54. The Morgan fingerprint density at radius 2 is 1.78 bits per heavy atom. The summed E-state index contributed by atoms with van der Waals surface area (Å²) in [5.74, 6) is -0.383. The lowest BCUT2D eigenvalue weighted by molar-refractivity contribution is -0.117. The molecule has 0 saturated carbocycles. The summed E-state index contributed by atoms with van der Waals surface area (Å²) in [6.07, 6.45) is 4.56. The molecule has 32 heavy (non-hydrogen) atoms. The van der Waals surface area contributed by atoms with Crippen LogP contribution in [0.25, 0.3) is 6.08 Å². The molecule has 6 heteroatoms. The number of rotatable bonds is 6. The van der Waals surface area contributed by atoms with Crippen LogP contribution < -0.4 is 10.2 Å². The first kappa shape index (κ1) is 21.5. The van der Waals surface area contributed by atoms with E-state index in [-0.39, 0.29) is 17.6 Å². The first-order valence-electron chi connectivity index (χ1n) is 10.3. The largest absolute Gasteiger partial charge is 0.322 e. The predicted octanol–water partition coefficient (Wildman–Crippen LogP) is 5.62. The molecule has 0 bridgehead atoms. The van der Waals surface area contributed by atoms with E-state index in [0.29, 0.717) is 34.8 Å². The Kier molecular flexibility index (Phi) is 6.47. The number of allylic oxidation sites excluding steroid dienone is 1. The van der Waals surface area contributed by atoms with Crippen molar-refractivity contribution < 1.29 is 14.4 Å². The van der Waals surface area contributed by atoms with Crippen LogP contribution in [0.4, 0.5) is 11.4 Å². The van der Waals surface area contributed by atoms with E-state index in [4.69, 9.17) is 11.6 Å². The van der Waals surface area contributed by atoms with Gasteiger partial charge < -0.3 is 10.2 Å². The minimum Gasteiger partial charge on any atom is -0.322 e. The number of anilines is 2. The molecule has 1 N–H and O–H groups in total. The molecule has 1 saturated heterocycles. The molecule has 1 fully saturated rings. The third kappa shape index (κ3) is 4.95. The summed E-state index contributed by atoms with van der Waals surface area (Å²) < 4.78 is 0. The number of hydrogen-bond donors (Lipinski definition) is 1. The van der Waals surface area contributed by atoms with Gasteiger partial charge in [-0.25, -0.2) is 0 Å². The van der Waals surface area contributed by atoms with Gasteiger partial charge in [0.1, 0.15) is 0 Å². The molecule has 0 aromatic heterocycles. The van der Waals surface area contributed by atoms with E-state index in [0.717, 1.165) is 17.7 Å². The molecule has 0 spiro atoms. The van der Waals surface area contributed by atoms with Gasteiger partial charge in [0.2, 0.25) is 5.91 Å². The Morgan fingerprint density at radius 3 is 2.56 bits per heavy atom. The van der Waals surface area contributed by atoms with Crippen molar-refractivity contribution in [3.05, 3.63) is 101 Å². The maximum atomic E-state index is 12.7. The van der Waals surface area contributed by atoms with Gasteiger partial charge in [0.25, 0.3) is 5.91 Å². The second-order valence-corrected chi connectivity index (χ2v) is 7.86. The lowest BCUT2D eigenvalue weighted by Gasteiger charge is -2.16. The number of nitrogens with one attached hydrogen (secondary N) is 1. The van der Waals surface area contributed by atoms with Gasteiger partial charge in [-0.05, 0) is 54.5 Å². The van der Waals surface area contributed by atoms with Gasteiger partial charge in [-0.15, -0.1) is 0 Å². The van der Waals surface area contributed by atoms with Crippen LogP contribution in [0.5, 0.6) is 0 Å². The Morgan fingerprint density at radius 1 is 0.969 bits per heavy atom. The van der Waals surface area contributed by atoms with Crippen molar-refractivity contribution in [1.29, 1.82) is 0 Å². The third-order valence-electron chi connectivity index (χ3n) is 5.21. The highest BCUT2D eigenvalue weighted by molar-refractivity contribution is 6.34. The molecule has 1 aliphatic rings. The SMILES string of the molecule is O=C(/C=C/c1cccc(NC(=O)c2ccccc2Cl)c1)c1cccc(N2CCCC2=O)c1. The molecule has 5 nitrogen and oxygen atoms in total. The van der Waals surface area contributed by atoms with E-state index in [2.05, 4.69) is 5.32 Å². The molecule has 160 valence electrons. The smallest absolute Gasteiger partial charge is 0.257 e. The lowest BCUT2D eigenvalue weighted by atomic mass is 10.1. The van der Waals surface area contributed by atoms with Crippen molar-refractivity contribution in [3.63, 3.8) is 0 Å². The summed E-state index contributed by atoms with van der Waals surface area (Å²) in [5.41, 5.74) is 3.01. The Balaban J connectivity index is 1.46. The van der Waals surface area contributed by atoms with Crippen molar-refractivity contribution in [2.45, 2.75) is 12.8 Å². The van der Waals surface area contributed by atoms with Gasteiger partial charge >= 0.3 is 0 Å². The van der Waals surface area contributed by atoms with Gasteiger partial charge in [0, 0.05) is 29.9 Å². The summed E-state index contributed by atoms with van der Waals surface area (Å²) in [4.78, 5) is 38.8. The first-order chi connectivity index (χ1) is 15.5. The molecule has 1 aliphatic heterocycles. The summed E-state index contributed by atoms with van der Waals surface area (Å²) in [7, 11) is 0. The second kappa shape index (κ2) is 9.62. The summed E-state index contributed by atoms with van der Waals surface area (Å²) >= 11 is 6.09. The number of carbonyl (C=O) groups excluding carboxylic acids is 3. The molecule has 4 rings (SSSR count). The monoisotopic (exact) mass is 444 g/mol. The topological polar surface area (TPSA) is 66.5 Å². The van der Waals surface area contributed by atoms with E-state index < -0.39 is 0 Å². The maximum absolute atomic E-state index is 12.7. The second-order valence-electron chi connectivity index (χ2n) is 7.46. The summed E-state index contributed by atoms with van der Waals surface area (Å²) in [6.45, 7) is 0.680. The maximum Gasteiger partial charge on any atom is 0.257 e. The summed E-state index contributed by atoms with van der Waals surface area (Å²) in [5, 5.41) is 3.20. The molecule has 2 amide bonds. The van der Waals surface area contributed by atoms with E-state index in [1.807, 2.05) is 12.1 Å². The first-order valence-corrected chi connectivity index (χ1v) is 10.7. The quantitative estimate of drug-likeness (QED) is 0.396. The normalized spacial score (nSPS) is 13.5. The van der Waals surface area contributed by atoms with Crippen LogP contribution in [-0.4, -0.2) is 24.1 Å². The van der Waals surface area contributed by atoms with Crippen molar-refractivity contribution in [3.8, 4) is 0 Å². The molecule has 0 unspecified atom stereocenters.